The maximum Gasteiger partial charge on any atom is 0.434 e. The summed E-state index contributed by atoms with van der Waals surface area (Å²) >= 11 is 10.9. The molecule has 1 heterocycles. The summed E-state index contributed by atoms with van der Waals surface area (Å²) in [6.07, 6.45) is -4.84. The molecule has 0 N–H and O–H groups in total. The molecule has 94 valence electrons. The van der Waals surface area contributed by atoms with Gasteiger partial charge in [-0.3, -0.25) is 0 Å². The van der Waals surface area contributed by atoms with Crippen LogP contribution in [0.25, 0.3) is 0 Å². The van der Waals surface area contributed by atoms with E-state index in [1.165, 1.54) is 6.92 Å². The van der Waals surface area contributed by atoms with Gasteiger partial charge in [-0.05, 0) is 13.0 Å². The average Bonchev–Trinajstić information content (AvgIpc) is 2.15. The zero-order valence-electron chi connectivity index (χ0n) is 8.44. The first-order valence-corrected chi connectivity index (χ1v) is 5.13. The molecule has 0 radical (unpaired) electrons. The quantitative estimate of drug-likeness (QED) is 0.616. The van der Waals surface area contributed by atoms with Crippen LogP contribution in [0.2, 0.25) is 10.2 Å². The number of esters is 1. The molecule has 0 amide bonds. The van der Waals surface area contributed by atoms with E-state index < -0.39 is 33.6 Å². The van der Waals surface area contributed by atoms with Gasteiger partial charge in [0.1, 0.15) is 10.7 Å². The van der Waals surface area contributed by atoms with Crippen molar-refractivity contribution < 1.29 is 22.7 Å². The van der Waals surface area contributed by atoms with Crippen LogP contribution in [0.15, 0.2) is 6.07 Å². The Balaban J connectivity index is 3.41. The SMILES string of the molecule is CCOC(=O)c1c(Cl)cc(Cl)nc1C(F)(F)F. The van der Waals surface area contributed by atoms with Gasteiger partial charge in [0.25, 0.3) is 0 Å². The molecule has 0 aliphatic rings. The third-order valence-corrected chi connectivity index (χ3v) is 2.18. The van der Waals surface area contributed by atoms with Crippen molar-refractivity contribution in [1.82, 2.24) is 4.98 Å². The van der Waals surface area contributed by atoms with Gasteiger partial charge in [0.05, 0.1) is 11.6 Å². The largest absolute Gasteiger partial charge is 0.462 e. The van der Waals surface area contributed by atoms with Crippen molar-refractivity contribution in [3.05, 3.63) is 27.5 Å². The van der Waals surface area contributed by atoms with Crippen LogP contribution in [0, 0.1) is 0 Å². The molecule has 1 aromatic heterocycles. The van der Waals surface area contributed by atoms with E-state index in [0.29, 0.717) is 0 Å². The van der Waals surface area contributed by atoms with E-state index in [1.54, 1.807) is 0 Å². The van der Waals surface area contributed by atoms with E-state index in [9.17, 15) is 18.0 Å². The highest BCUT2D eigenvalue weighted by atomic mass is 35.5. The van der Waals surface area contributed by atoms with Crippen molar-refractivity contribution in [1.29, 1.82) is 0 Å². The molecule has 1 rings (SSSR count). The van der Waals surface area contributed by atoms with Gasteiger partial charge in [-0.1, -0.05) is 23.2 Å². The number of pyridine rings is 1. The first-order chi connectivity index (χ1) is 7.77. The monoisotopic (exact) mass is 287 g/mol. The molecular formula is C9H6Cl2F3NO2. The van der Waals surface area contributed by atoms with Gasteiger partial charge >= 0.3 is 12.1 Å². The Labute approximate surface area is 104 Å². The third-order valence-electron chi connectivity index (χ3n) is 1.69. The fourth-order valence-electron chi connectivity index (χ4n) is 1.09. The van der Waals surface area contributed by atoms with Crippen LogP contribution in [0.3, 0.4) is 0 Å². The Hall–Kier alpha value is -1.01. The summed E-state index contributed by atoms with van der Waals surface area (Å²) in [6.45, 7) is 1.39. The average molecular weight is 288 g/mol. The summed E-state index contributed by atoms with van der Waals surface area (Å²) in [5.41, 5.74) is -2.28. The van der Waals surface area contributed by atoms with E-state index in [-0.39, 0.29) is 6.61 Å². The molecule has 0 aromatic carbocycles. The van der Waals surface area contributed by atoms with Crippen LogP contribution in [-0.4, -0.2) is 17.6 Å². The third kappa shape index (κ3) is 3.23. The van der Waals surface area contributed by atoms with Crippen LogP contribution < -0.4 is 0 Å². The molecule has 0 aliphatic heterocycles. The fraction of sp³-hybridized carbons (Fsp3) is 0.333. The highest BCUT2D eigenvalue weighted by Gasteiger charge is 2.39. The van der Waals surface area contributed by atoms with Crippen LogP contribution >= 0.6 is 23.2 Å². The summed E-state index contributed by atoms with van der Waals surface area (Å²) in [6, 6.07) is 0.949. The van der Waals surface area contributed by atoms with Gasteiger partial charge < -0.3 is 4.74 Å². The van der Waals surface area contributed by atoms with Crippen molar-refractivity contribution in [2.75, 3.05) is 6.61 Å². The van der Waals surface area contributed by atoms with Crippen LogP contribution in [0.4, 0.5) is 13.2 Å². The normalized spacial score (nSPS) is 11.4. The molecule has 0 aliphatic carbocycles. The first kappa shape index (κ1) is 14.1. The van der Waals surface area contributed by atoms with Crippen LogP contribution in [0.5, 0.6) is 0 Å². The molecule has 1 aromatic rings. The molecular weight excluding hydrogens is 282 g/mol. The van der Waals surface area contributed by atoms with E-state index >= 15 is 0 Å². The standard InChI is InChI=1S/C9H6Cl2F3NO2/c1-2-17-8(16)6-4(10)3-5(11)15-7(6)9(12,13)14/h3H,2H2,1H3. The molecule has 8 heteroatoms. The Kier molecular flexibility index (Phi) is 4.21. The molecule has 0 bridgehead atoms. The lowest BCUT2D eigenvalue weighted by atomic mass is 10.2. The summed E-state index contributed by atoms with van der Waals surface area (Å²) in [5.74, 6) is -1.19. The van der Waals surface area contributed by atoms with Crippen LogP contribution in [-0.2, 0) is 10.9 Å². The number of carbonyl (C=O) groups excluding carboxylic acids is 1. The van der Waals surface area contributed by atoms with Gasteiger partial charge in [0.2, 0.25) is 0 Å². The van der Waals surface area contributed by atoms with Gasteiger partial charge in [-0.25, -0.2) is 9.78 Å². The van der Waals surface area contributed by atoms with E-state index in [4.69, 9.17) is 23.2 Å². The number of alkyl halides is 3. The molecule has 0 spiro atoms. The fourth-order valence-corrected chi connectivity index (χ4v) is 1.61. The molecule has 17 heavy (non-hydrogen) atoms. The molecule has 0 unspecified atom stereocenters. The van der Waals surface area contributed by atoms with E-state index in [2.05, 4.69) is 9.72 Å². The number of carbonyl (C=O) groups is 1. The minimum atomic E-state index is -4.84. The van der Waals surface area contributed by atoms with Gasteiger partial charge in [0.15, 0.2) is 5.69 Å². The summed E-state index contributed by atoms with van der Waals surface area (Å²) in [4.78, 5) is 14.4. The van der Waals surface area contributed by atoms with E-state index in [0.717, 1.165) is 6.07 Å². The number of hydrogen-bond donors (Lipinski definition) is 0. The lowest BCUT2D eigenvalue weighted by Crippen LogP contribution is -2.18. The number of halogens is 5. The second-order valence-corrected chi connectivity index (χ2v) is 3.66. The second kappa shape index (κ2) is 5.10. The second-order valence-electron chi connectivity index (χ2n) is 2.87. The predicted molar refractivity (Wildman–Crippen MR) is 55.2 cm³/mol. The zero-order valence-corrected chi connectivity index (χ0v) is 9.95. The van der Waals surface area contributed by atoms with E-state index in [1.807, 2.05) is 0 Å². The number of ether oxygens (including phenoxy) is 1. The molecule has 0 saturated carbocycles. The Bertz CT molecular complexity index is 449. The van der Waals surface area contributed by atoms with Crippen molar-refractivity contribution in [2.24, 2.45) is 0 Å². The molecule has 0 fully saturated rings. The highest BCUT2D eigenvalue weighted by molar-refractivity contribution is 6.36. The maximum absolute atomic E-state index is 12.6. The summed E-state index contributed by atoms with van der Waals surface area (Å²) < 4.78 is 42.3. The number of hydrogen-bond acceptors (Lipinski definition) is 3. The molecule has 0 atom stereocenters. The topological polar surface area (TPSA) is 39.2 Å². The molecule has 3 nitrogen and oxygen atoms in total. The summed E-state index contributed by atoms with van der Waals surface area (Å²) in [7, 11) is 0. The number of nitrogens with zero attached hydrogens (tertiary/aromatic N) is 1. The molecule has 0 saturated heterocycles. The number of rotatable bonds is 2. The van der Waals surface area contributed by atoms with Gasteiger partial charge in [0, 0.05) is 0 Å². The summed E-state index contributed by atoms with van der Waals surface area (Å²) in [5, 5.41) is -0.897. The minimum Gasteiger partial charge on any atom is -0.462 e. The van der Waals surface area contributed by atoms with Crippen LogP contribution in [0.1, 0.15) is 23.0 Å². The lowest BCUT2D eigenvalue weighted by molar-refractivity contribution is -0.141. The van der Waals surface area contributed by atoms with Gasteiger partial charge in [-0.2, -0.15) is 13.2 Å². The number of aromatic nitrogens is 1. The van der Waals surface area contributed by atoms with Crippen molar-refractivity contribution in [3.63, 3.8) is 0 Å². The minimum absolute atomic E-state index is 0.0743. The Morgan fingerprint density at radius 3 is 2.53 bits per heavy atom. The lowest BCUT2D eigenvalue weighted by Gasteiger charge is -2.12. The van der Waals surface area contributed by atoms with Crippen molar-refractivity contribution >= 4 is 29.2 Å². The zero-order chi connectivity index (χ0) is 13.2. The first-order valence-electron chi connectivity index (χ1n) is 4.37. The predicted octanol–water partition coefficient (Wildman–Crippen LogP) is 3.58. The van der Waals surface area contributed by atoms with Gasteiger partial charge in [-0.15, -0.1) is 0 Å². The smallest absolute Gasteiger partial charge is 0.434 e. The maximum atomic E-state index is 12.6. The van der Waals surface area contributed by atoms with Crippen molar-refractivity contribution in [3.8, 4) is 0 Å². The van der Waals surface area contributed by atoms with Crippen molar-refractivity contribution in [2.45, 2.75) is 13.1 Å². The Morgan fingerprint density at radius 2 is 2.06 bits per heavy atom. The Morgan fingerprint density at radius 1 is 1.47 bits per heavy atom. The highest BCUT2D eigenvalue weighted by Crippen LogP contribution is 2.35.